The van der Waals surface area contributed by atoms with Gasteiger partial charge in [-0.25, -0.2) is 0 Å². The number of methoxy groups -OCH3 is 2. The first-order valence-electron chi connectivity index (χ1n) is 7.71. The van der Waals surface area contributed by atoms with Gasteiger partial charge in [0, 0.05) is 0 Å². The topological polar surface area (TPSA) is 42.8 Å². The van der Waals surface area contributed by atoms with Crippen molar-refractivity contribution in [1.82, 2.24) is 5.32 Å². The van der Waals surface area contributed by atoms with Gasteiger partial charge in [-0.15, -0.1) is 0 Å². The summed E-state index contributed by atoms with van der Waals surface area (Å²) < 4.78 is 10.6. The highest BCUT2D eigenvalue weighted by atomic mass is 16.5. The van der Waals surface area contributed by atoms with Gasteiger partial charge in [-0.2, -0.15) is 0 Å². The fraction of sp³-hybridized carbons (Fsp3) is 0.316. The normalized spacial score (nSPS) is 19.5. The molecule has 120 valence electrons. The number of rotatable bonds is 4. The molecule has 2 atom stereocenters. The Labute approximate surface area is 137 Å². The molecule has 0 saturated carbocycles. The first-order valence-corrected chi connectivity index (χ1v) is 7.71. The molecule has 2 aromatic carbocycles. The molecule has 0 fully saturated rings. The summed E-state index contributed by atoms with van der Waals surface area (Å²) in [5.41, 5.74) is 4.84. The van der Waals surface area contributed by atoms with Gasteiger partial charge >= 0.3 is 0 Å². The lowest BCUT2D eigenvalue weighted by atomic mass is 9.90. The minimum absolute atomic E-state index is 0.0630. The molecule has 0 radical (unpaired) electrons. The summed E-state index contributed by atoms with van der Waals surface area (Å²) >= 11 is 0. The van der Waals surface area contributed by atoms with Crippen molar-refractivity contribution in [2.24, 2.45) is 4.99 Å². The average Bonchev–Trinajstić information content (AvgIpc) is 3.03. The van der Waals surface area contributed by atoms with Crippen LogP contribution in [0.2, 0.25) is 0 Å². The third kappa shape index (κ3) is 2.89. The van der Waals surface area contributed by atoms with Crippen molar-refractivity contribution in [1.29, 1.82) is 0 Å². The van der Waals surface area contributed by atoms with Crippen LogP contribution in [-0.4, -0.2) is 20.6 Å². The highest BCUT2D eigenvalue weighted by Gasteiger charge is 2.29. The molecule has 1 heterocycles. The maximum atomic E-state index is 5.30. The van der Waals surface area contributed by atoms with E-state index in [2.05, 4.69) is 48.4 Å². The summed E-state index contributed by atoms with van der Waals surface area (Å²) in [6.45, 7) is 4.21. The highest BCUT2D eigenvalue weighted by Crippen LogP contribution is 2.38. The number of nitrogens with zero attached hydrogens (tertiary/aromatic N) is 1. The van der Waals surface area contributed by atoms with Crippen molar-refractivity contribution in [3.05, 3.63) is 58.7 Å². The second-order valence-electron chi connectivity index (χ2n) is 5.81. The molecule has 0 spiro atoms. The van der Waals surface area contributed by atoms with Gasteiger partial charge in [0.05, 0.1) is 26.6 Å². The fourth-order valence-corrected chi connectivity index (χ4v) is 3.13. The van der Waals surface area contributed by atoms with Gasteiger partial charge in [0.15, 0.2) is 0 Å². The van der Waals surface area contributed by atoms with E-state index < -0.39 is 0 Å². The minimum atomic E-state index is 0.0630. The second-order valence-corrected chi connectivity index (χ2v) is 5.81. The Bertz CT molecular complexity index is 740. The summed E-state index contributed by atoms with van der Waals surface area (Å²) in [7, 11) is 3.38. The molecule has 4 heteroatoms. The van der Waals surface area contributed by atoms with E-state index in [-0.39, 0.29) is 12.1 Å². The Hall–Kier alpha value is -2.49. The first-order chi connectivity index (χ1) is 11.1. The Morgan fingerprint density at radius 1 is 0.870 bits per heavy atom. The van der Waals surface area contributed by atoms with Crippen LogP contribution in [-0.2, 0) is 0 Å². The van der Waals surface area contributed by atoms with E-state index in [0.29, 0.717) is 0 Å². The largest absolute Gasteiger partial charge is 0.497 e. The molecule has 1 N–H and O–H groups in total. The molecule has 2 aromatic rings. The number of benzene rings is 2. The number of hydrogen-bond acceptors (Lipinski definition) is 4. The van der Waals surface area contributed by atoms with Crippen LogP contribution >= 0.6 is 0 Å². The van der Waals surface area contributed by atoms with Gasteiger partial charge in [-0.05, 0) is 60.4 Å². The van der Waals surface area contributed by atoms with Gasteiger partial charge < -0.3 is 14.8 Å². The lowest BCUT2D eigenvalue weighted by Crippen LogP contribution is -2.20. The Balaban J connectivity index is 1.95. The van der Waals surface area contributed by atoms with Crippen LogP contribution in [0.1, 0.15) is 34.3 Å². The molecular formula is C19H22N2O2. The highest BCUT2D eigenvalue weighted by molar-refractivity contribution is 5.61. The molecule has 1 aliphatic rings. The maximum absolute atomic E-state index is 5.30. The summed E-state index contributed by atoms with van der Waals surface area (Å²) in [5.74, 6) is 1.75. The molecule has 1 aliphatic heterocycles. The zero-order valence-corrected chi connectivity index (χ0v) is 14.0. The van der Waals surface area contributed by atoms with E-state index in [1.165, 1.54) is 22.3 Å². The molecule has 0 saturated heterocycles. The number of aliphatic imine (C=N–C) groups is 1. The second kappa shape index (κ2) is 6.32. The van der Waals surface area contributed by atoms with Crippen molar-refractivity contribution in [3.63, 3.8) is 0 Å². The Kier molecular flexibility index (Phi) is 4.24. The summed E-state index contributed by atoms with van der Waals surface area (Å²) in [4.78, 5) is 4.66. The van der Waals surface area contributed by atoms with Crippen LogP contribution < -0.4 is 14.8 Å². The molecular weight excluding hydrogens is 288 g/mol. The van der Waals surface area contributed by atoms with Gasteiger partial charge in [0.1, 0.15) is 17.5 Å². The van der Waals surface area contributed by atoms with Gasteiger partial charge in [-0.3, -0.25) is 4.99 Å². The quantitative estimate of drug-likeness (QED) is 0.935. The van der Waals surface area contributed by atoms with E-state index in [9.17, 15) is 0 Å². The summed E-state index contributed by atoms with van der Waals surface area (Å²) in [6, 6.07) is 12.5. The molecule has 0 unspecified atom stereocenters. The summed E-state index contributed by atoms with van der Waals surface area (Å²) in [5, 5.41) is 3.39. The SMILES string of the molecule is COc1ccc([C@H]2N=CN[C@H]2c2ccc(OC)cc2C)c(C)c1. The molecule has 0 aromatic heterocycles. The smallest absolute Gasteiger partial charge is 0.119 e. The third-order valence-electron chi connectivity index (χ3n) is 4.41. The number of hydrogen-bond donors (Lipinski definition) is 1. The van der Waals surface area contributed by atoms with E-state index in [4.69, 9.17) is 9.47 Å². The Morgan fingerprint density at radius 2 is 1.43 bits per heavy atom. The molecule has 3 rings (SSSR count). The van der Waals surface area contributed by atoms with Crippen LogP contribution in [0.15, 0.2) is 41.4 Å². The van der Waals surface area contributed by atoms with Crippen LogP contribution in [0.3, 0.4) is 0 Å². The van der Waals surface area contributed by atoms with Crippen LogP contribution in [0, 0.1) is 13.8 Å². The molecule has 4 nitrogen and oxygen atoms in total. The molecule has 0 amide bonds. The average molecular weight is 310 g/mol. The minimum Gasteiger partial charge on any atom is -0.497 e. The van der Waals surface area contributed by atoms with Crippen LogP contribution in [0.25, 0.3) is 0 Å². The van der Waals surface area contributed by atoms with E-state index in [1.807, 2.05) is 18.5 Å². The standard InChI is InChI=1S/C19H22N2O2/c1-12-9-14(22-3)5-7-16(12)18-19(21-11-20-18)17-8-6-15(23-4)10-13(17)2/h5-11,18-19H,1-4H3,(H,20,21)/t18-,19+. The van der Waals surface area contributed by atoms with Crippen LogP contribution in [0.4, 0.5) is 0 Å². The van der Waals surface area contributed by atoms with E-state index in [0.717, 1.165) is 11.5 Å². The van der Waals surface area contributed by atoms with Gasteiger partial charge in [0.25, 0.3) is 0 Å². The molecule has 23 heavy (non-hydrogen) atoms. The van der Waals surface area contributed by atoms with Gasteiger partial charge in [-0.1, -0.05) is 12.1 Å². The lowest BCUT2D eigenvalue weighted by molar-refractivity contribution is 0.413. The van der Waals surface area contributed by atoms with Crippen molar-refractivity contribution in [2.75, 3.05) is 14.2 Å². The molecule has 0 aliphatic carbocycles. The zero-order chi connectivity index (χ0) is 16.4. The third-order valence-corrected chi connectivity index (χ3v) is 4.41. The van der Waals surface area contributed by atoms with E-state index >= 15 is 0 Å². The Morgan fingerprint density at radius 3 is 1.96 bits per heavy atom. The van der Waals surface area contributed by atoms with Crippen molar-refractivity contribution >= 4 is 6.34 Å². The van der Waals surface area contributed by atoms with Crippen molar-refractivity contribution < 1.29 is 9.47 Å². The first kappa shape index (κ1) is 15.4. The number of nitrogens with one attached hydrogen (secondary N) is 1. The maximum Gasteiger partial charge on any atom is 0.119 e. The lowest BCUT2D eigenvalue weighted by Gasteiger charge is -2.23. The van der Waals surface area contributed by atoms with Crippen LogP contribution in [0.5, 0.6) is 11.5 Å². The predicted octanol–water partition coefficient (Wildman–Crippen LogP) is 3.73. The predicted molar refractivity (Wildman–Crippen MR) is 92.6 cm³/mol. The zero-order valence-electron chi connectivity index (χ0n) is 14.0. The molecule has 0 bridgehead atoms. The summed E-state index contributed by atoms with van der Waals surface area (Å²) in [6.07, 6.45) is 1.81. The van der Waals surface area contributed by atoms with Crippen molar-refractivity contribution in [2.45, 2.75) is 25.9 Å². The van der Waals surface area contributed by atoms with Crippen molar-refractivity contribution in [3.8, 4) is 11.5 Å². The monoisotopic (exact) mass is 310 g/mol. The number of ether oxygens (including phenoxy) is 2. The van der Waals surface area contributed by atoms with E-state index in [1.54, 1.807) is 14.2 Å². The fourth-order valence-electron chi connectivity index (χ4n) is 3.13. The van der Waals surface area contributed by atoms with Gasteiger partial charge in [0.2, 0.25) is 0 Å². The number of aryl methyl sites for hydroxylation is 2.